The molecule has 0 bridgehead atoms. The topological polar surface area (TPSA) is 17.1 Å². The smallest absolute Gasteiger partial charge is 0.152 e. The molecule has 1 aromatic rings. The zero-order valence-corrected chi connectivity index (χ0v) is 10.1. The molecule has 0 heterocycles. The molecule has 0 fully saturated rings. The molecule has 0 radical (unpaired) electrons. The molecular weight excluding hydrogens is 284 g/mol. The molecule has 1 nitrogen and oxygen atoms in total. The molecule has 0 unspecified atom stereocenters. The van der Waals surface area contributed by atoms with E-state index in [1.165, 1.54) is 0 Å². The Morgan fingerprint density at radius 3 is 1.83 bits per heavy atom. The SMILES string of the molecule is CC.O=Cc1c(Br)cccc1Br. The summed E-state index contributed by atoms with van der Waals surface area (Å²) in [4.78, 5) is 10.4. The fraction of sp³-hybridized carbons (Fsp3) is 0.222. The third kappa shape index (κ3) is 3.07. The summed E-state index contributed by atoms with van der Waals surface area (Å²) in [7, 11) is 0. The molecule has 0 amide bonds. The molecule has 0 atom stereocenters. The number of aldehydes is 1. The van der Waals surface area contributed by atoms with Gasteiger partial charge in [0.15, 0.2) is 6.29 Å². The van der Waals surface area contributed by atoms with E-state index in [-0.39, 0.29) is 0 Å². The Kier molecular flexibility index (Phi) is 6.30. The van der Waals surface area contributed by atoms with Crippen LogP contribution in [-0.2, 0) is 0 Å². The van der Waals surface area contributed by atoms with Gasteiger partial charge in [0.2, 0.25) is 0 Å². The van der Waals surface area contributed by atoms with Gasteiger partial charge < -0.3 is 0 Å². The summed E-state index contributed by atoms with van der Waals surface area (Å²) >= 11 is 6.49. The van der Waals surface area contributed by atoms with E-state index < -0.39 is 0 Å². The van der Waals surface area contributed by atoms with Gasteiger partial charge in [-0.1, -0.05) is 51.8 Å². The van der Waals surface area contributed by atoms with Crippen molar-refractivity contribution in [3.05, 3.63) is 32.7 Å². The van der Waals surface area contributed by atoms with Crippen molar-refractivity contribution in [1.29, 1.82) is 0 Å². The fourth-order valence-corrected chi connectivity index (χ4v) is 1.81. The summed E-state index contributed by atoms with van der Waals surface area (Å²) < 4.78 is 1.63. The third-order valence-electron chi connectivity index (χ3n) is 1.12. The molecule has 0 aliphatic heterocycles. The van der Waals surface area contributed by atoms with Gasteiger partial charge in [-0.2, -0.15) is 0 Å². The number of hydrogen-bond donors (Lipinski definition) is 0. The van der Waals surface area contributed by atoms with Crippen LogP contribution in [0, 0.1) is 0 Å². The van der Waals surface area contributed by atoms with E-state index in [2.05, 4.69) is 31.9 Å². The first kappa shape index (κ1) is 11.8. The third-order valence-corrected chi connectivity index (χ3v) is 2.50. The Hall–Kier alpha value is -0.150. The van der Waals surface area contributed by atoms with E-state index >= 15 is 0 Å². The Bertz CT molecular complexity index is 238. The number of carbonyl (C=O) groups is 1. The summed E-state index contributed by atoms with van der Waals surface area (Å²) in [6.07, 6.45) is 0.814. The van der Waals surface area contributed by atoms with Crippen molar-refractivity contribution < 1.29 is 4.79 Å². The lowest BCUT2D eigenvalue weighted by Crippen LogP contribution is -1.82. The molecule has 12 heavy (non-hydrogen) atoms. The molecule has 1 aromatic carbocycles. The number of halogens is 2. The lowest BCUT2D eigenvalue weighted by atomic mass is 10.2. The predicted octanol–water partition coefficient (Wildman–Crippen LogP) is 4.05. The van der Waals surface area contributed by atoms with Gasteiger partial charge in [0.25, 0.3) is 0 Å². The van der Waals surface area contributed by atoms with Gasteiger partial charge in [0.05, 0.1) is 0 Å². The molecule has 0 aromatic heterocycles. The molecule has 0 saturated carbocycles. The molecule has 3 heteroatoms. The molecule has 0 aliphatic rings. The van der Waals surface area contributed by atoms with Crippen molar-refractivity contribution in [3.63, 3.8) is 0 Å². The summed E-state index contributed by atoms with van der Waals surface area (Å²) in [5, 5.41) is 0. The van der Waals surface area contributed by atoms with Crippen molar-refractivity contribution in [2.75, 3.05) is 0 Å². The molecule has 66 valence electrons. The molecule has 0 aliphatic carbocycles. The predicted molar refractivity (Wildman–Crippen MR) is 58.6 cm³/mol. The first-order valence-electron chi connectivity index (χ1n) is 3.65. The lowest BCUT2D eigenvalue weighted by molar-refractivity contribution is 0.112. The minimum absolute atomic E-state index is 0.655. The van der Waals surface area contributed by atoms with Crippen LogP contribution >= 0.6 is 31.9 Å². The van der Waals surface area contributed by atoms with Gasteiger partial charge in [0.1, 0.15) is 0 Å². The van der Waals surface area contributed by atoms with Gasteiger partial charge in [0, 0.05) is 14.5 Å². The van der Waals surface area contributed by atoms with E-state index in [0.29, 0.717) is 5.56 Å². The summed E-state index contributed by atoms with van der Waals surface area (Å²) in [5.74, 6) is 0. The van der Waals surface area contributed by atoms with Crippen LogP contribution in [0.1, 0.15) is 24.2 Å². The second-order valence-electron chi connectivity index (χ2n) is 1.75. The quantitative estimate of drug-likeness (QED) is 0.714. The van der Waals surface area contributed by atoms with Gasteiger partial charge in [-0.15, -0.1) is 0 Å². The van der Waals surface area contributed by atoms with Crippen LogP contribution in [-0.4, -0.2) is 6.29 Å². The highest BCUT2D eigenvalue weighted by molar-refractivity contribution is 9.11. The van der Waals surface area contributed by atoms with Crippen LogP contribution in [0.5, 0.6) is 0 Å². The maximum atomic E-state index is 10.4. The van der Waals surface area contributed by atoms with E-state index in [1.54, 1.807) is 0 Å². The van der Waals surface area contributed by atoms with E-state index in [9.17, 15) is 4.79 Å². The summed E-state index contributed by atoms with van der Waals surface area (Å²) in [6, 6.07) is 5.52. The minimum atomic E-state index is 0.655. The largest absolute Gasteiger partial charge is 0.298 e. The Morgan fingerprint density at radius 2 is 1.58 bits per heavy atom. The fourth-order valence-electron chi connectivity index (χ4n) is 0.623. The minimum Gasteiger partial charge on any atom is -0.298 e. The van der Waals surface area contributed by atoms with E-state index in [4.69, 9.17) is 0 Å². The number of carbonyl (C=O) groups excluding carboxylic acids is 1. The van der Waals surface area contributed by atoms with Gasteiger partial charge in [-0.3, -0.25) is 4.79 Å². The normalized spacial score (nSPS) is 8.33. The maximum absolute atomic E-state index is 10.4. The first-order valence-corrected chi connectivity index (χ1v) is 5.23. The van der Waals surface area contributed by atoms with Crippen LogP contribution in [0.15, 0.2) is 27.1 Å². The molecular formula is C9H10Br2O. The monoisotopic (exact) mass is 292 g/mol. The van der Waals surface area contributed by atoms with Crippen molar-refractivity contribution in [2.45, 2.75) is 13.8 Å². The standard InChI is InChI=1S/C7H4Br2O.C2H6/c8-6-2-1-3-7(9)5(6)4-10;1-2/h1-4H;1-2H3. The second kappa shape index (κ2) is 6.38. The van der Waals surface area contributed by atoms with Crippen molar-refractivity contribution in [2.24, 2.45) is 0 Å². The molecule has 0 spiro atoms. The Morgan fingerprint density at radius 1 is 1.17 bits per heavy atom. The molecule has 1 rings (SSSR count). The number of rotatable bonds is 1. The number of benzene rings is 1. The first-order chi connectivity index (χ1) is 5.75. The van der Waals surface area contributed by atoms with Crippen molar-refractivity contribution in [3.8, 4) is 0 Å². The Labute approximate surface area is 89.4 Å². The summed E-state index contributed by atoms with van der Waals surface area (Å²) in [6.45, 7) is 4.00. The van der Waals surface area contributed by atoms with Crippen LogP contribution in [0.4, 0.5) is 0 Å². The van der Waals surface area contributed by atoms with Crippen LogP contribution in [0.25, 0.3) is 0 Å². The van der Waals surface area contributed by atoms with E-state index in [1.807, 2.05) is 32.0 Å². The van der Waals surface area contributed by atoms with Crippen LogP contribution in [0.2, 0.25) is 0 Å². The highest BCUT2D eigenvalue weighted by Crippen LogP contribution is 2.22. The molecule has 0 N–H and O–H groups in total. The zero-order chi connectivity index (χ0) is 9.56. The second-order valence-corrected chi connectivity index (χ2v) is 3.46. The maximum Gasteiger partial charge on any atom is 0.152 e. The van der Waals surface area contributed by atoms with Crippen LogP contribution < -0.4 is 0 Å². The van der Waals surface area contributed by atoms with Crippen LogP contribution in [0.3, 0.4) is 0 Å². The molecule has 0 saturated heterocycles. The van der Waals surface area contributed by atoms with Gasteiger partial charge >= 0.3 is 0 Å². The Balaban J connectivity index is 0.000000561. The summed E-state index contributed by atoms with van der Waals surface area (Å²) in [5.41, 5.74) is 0.655. The number of hydrogen-bond acceptors (Lipinski definition) is 1. The van der Waals surface area contributed by atoms with E-state index in [0.717, 1.165) is 15.2 Å². The zero-order valence-electron chi connectivity index (χ0n) is 6.97. The van der Waals surface area contributed by atoms with Crippen molar-refractivity contribution >= 4 is 38.1 Å². The highest BCUT2D eigenvalue weighted by Gasteiger charge is 2.00. The van der Waals surface area contributed by atoms with Gasteiger partial charge in [-0.05, 0) is 12.1 Å². The lowest BCUT2D eigenvalue weighted by Gasteiger charge is -1.96. The average molecular weight is 294 g/mol. The average Bonchev–Trinajstić information content (AvgIpc) is 2.08. The van der Waals surface area contributed by atoms with Crippen molar-refractivity contribution in [1.82, 2.24) is 0 Å². The highest BCUT2D eigenvalue weighted by atomic mass is 79.9. The van der Waals surface area contributed by atoms with Gasteiger partial charge in [-0.25, -0.2) is 0 Å².